The van der Waals surface area contributed by atoms with Gasteiger partial charge in [-0.1, -0.05) is 13.8 Å². The summed E-state index contributed by atoms with van der Waals surface area (Å²) in [6.45, 7) is 5.73. The van der Waals surface area contributed by atoms with Gasteiger partial charge in [-0.25, -0.2) is 14.2 Å². The van der Waals surface area contributed by atoms with Crippen LogP contribution in [0.3, 0.4) is 0 Å². The van der Waals surface area contributed by atoms with Crippen LogP contribution in [-0.2, 0) is 0 Å². The highest BCUT2D eigenvalue weighted by molar-refractivity contribution is 5.92. The fourth-order valence-corrected chi connectivity index (χ4v) is 2.97. The number of aryl methyl sites for hydroxylation is 1. The highest BCUT2D eigenvalue weighted by Crippen LogP contribution is 2.33. The summed E-state index contributed by atoms with van der Waals surface area (Å²) < 4.78 is 19.5. The number of aromatic nitrogens is 1. The molecule has 146 valence electrons. The lowest BCUT2D eigenvalue weighted by atomic mass is 9.98. The predicted octanol–water partition coefficient (Wildman–Crippen LogP) is 3.89. The van der Waals surface area contributed by atoms with E-state index < -0.39 is 18.0 Å². The largest absolute Gasteiger partial charge is 0.459 e. The van der Waals surface area contributed by atoms with E-state index in [0.29, 0.717) is 22.4 Å². The van der Waals surface area contributed by atoms with E-state index in [1.165, 1.54) is 30.5 Å². The zero-order valence-electron chi connectivity index (χ0n) is 15.7. The Morgan fingerprint density at radius 1 is 1.21 bits per heavy atom. The molecule has 0 saturated heterocycles. The summed E-state index contributed by atoms with van der Waals surface area (Å²) in [5.41, 5.74) is 7.01. The molecule has 0 spiro atoms. The summed E-state index contributed by atoms with van der Waals surface area (Å²) in [4.78, 5) is 27.4. The second kappa shape index (κ2) is 7.67. The molecule has 0 fully saturated rings. The molecule has 28 heavy (non-hydrogen) atoms. The first-order chi connectivity index (χ1) is 13.3. The molecule has 0 aliphatic rings. The zero-order chi connectivity index (χ0) is 20.4. The van der Waals surface area contributed by atoms with Gasteiger partial charge in [0.25, 0.3) is 5.91 Å². The van der Waals surface area contributed by atoms with Gasteiger partial charge in [0.15, 0.2) is 0 Å². The highest BCUT2D eigenvalue weighted by atomic mass is 19.1. The lowest BCUT2D eigenvalue weighted by molar-refractivity contribution is 0.0995. The van der Waals surface area contributed by atoms with Crippen LogP contribution in [0, 0.1) is 18.7 Å². The standard InChI is InChI=1S/C20H21FN4O3/c1-10(2)17(18-11(3)14-8-12(21)4-7-16(14)28-18)25-20(27)24-13-5-6-15(19(22)26)23-9-13/h4-10,17H,1-3H3,(H2,22,26)(H2,24,25,27)/t17-/m1/s1. The summed E-state index contributed by atoms with van der Waals surface area (Å²) in [5.74, 6) is -0.396. The number of rotatable bonds is 5. The van der Waals surface area contributed by atoms with Crippen molar-refractivity contribution >= 4 is 28.6 Å². The van der Waals surface area contributed by atoms with Gasteiger partial charge in [0.05, 0.1) is 17.9 Å². The molecule has 4 N–H and O–H groups in total. The molecule has 0 saturated carbocycles. The Hall–Kier alpha value is -3.42. The van der Waals surface area contributed by atoms with Crippen molar-refractivity contribution in [3.8, 4) is 0 Å². The number of hydrogen-bond acceptors (Lipinski definition) is 4. The maximum atomic E-state index is 13.6. The van der Waals surface area contributed by atoms with Crippen molar-refractivity contribution in [3.05, 3.63) is 59.4 Å². The second-order valence-electron chi connectivity index (χ2n) is 6.85. The van der Waals surface area contributed by atoms with E-state index in [0.717, 1.165) is 5.56 Å². The van der Waals surface area contributed by atoms with Crippen LogP contribution >= 0.6 is 0 Å². The third-order valence-corrected chi connectivity index (χ3v) is 4.44. The third-order valence-electron chi connectivity index (χ3n) is 4.44. The molecule has 8 heteroatoms. The molecule has 3 aromatic rings. The number of amides is 3. The number of benzene rings is 1. The lowest BCUT2D eigenvalue weighted by Crippen LogP contribution is -2.35. The average molecular weight is 384 g/mol. The number of urea groups is 1. The first-order valence-corrected chi connectivity index (χ1v) is 8.78. The summed E-state index contributed by atoms with van der Waals surface area (Å²) in [6, 6.07) is 6.41. The van der Waals surface area contributed by atoms with Gasteiger partial charge in [-0.15, -0.1) is 0 Å². The number of nitrogens with zero attached hydrogens (tertiary/aromatic N) is 1. The topological polar surface area (TPSA) is 110 Å². The number of furan rings is 1. The van der Waals surface area contributed by atoms with Crippen molar-refractivity contribution in [1.82, 2.24) is 10.3 Å². The minimum Gasteiger partial charge on any atom is -0.459 e. The molecule has 0 radical (unpaired) electrons. The third kappa shape index (κ3) is 3.95. The minimum absolute atomic E-state index is 0.0187. The predicted molar refractivity (Wildman–Crippen MR) is 103 cm³/mol. The number of hydrogen-bond donors (Lipinski definition) is 3. The van der Waals surface area contributed by atoms with Crippen LogP contribution < -0.4 is 16.4 Å². The Morgan fingerprint density at radius 3 is 2.57 bits per heavy atom. The number of carbonyl (C=O) groups excluding carboxylic acids is 2. The van der Waals surface area contributed by atoms with Gasteiger partial charge in [0, 0.05) is 10.9 Å². The smallest absolute Gasteiger partial charge is 0.319 e. The van der Waals surface area contributed by atoms with E-state index in [1.54, 1.807) is 6.07 Å². The van der Waals surface area contributed by atoms with E-state index in [9.17, 15) is 14.0 Å². The average Bonchev–Trinajstić information content (AvgIpc) is 2.96. The Bertz CT molecular complexity index is 1030. The molecule has 0 bridgehead atoms. The number of anilines is 1. The van der Waals surface area contributed by atoms with Gasteiger partial charge < -0.3 is 20.8 Å². The van der Waals surface area contributed by atoms with E-state index in [2.05, 4.69) is 15.6 Å². The van der Waals surface area contributed by atoms with Crippen LogP contribution in [0.1, 0.15) is 41.7 Å². The molecule has 0 aliphatic carbocycles. The van der Waals surface area contributed by atoms with E-state index in [1.807, 2.05) is 20.8 Å². The Balaban J connectivity index is 1.80. The summed E-state index contributed by atoms with van der Waals surface area (Å²) in [6.07, 6.45) is 1.35. The zero-order valence-corrected chi connectivity index (χ0v) is 15.7. The van der Waals surface area contributed by atoms with Gasteiger partial charge in [0.2, 0.25) is 0 Å². The first-order valence-electron chi connectivity index (χ1n) is 8.78. The van der Waals surface area contributed by atoms with Crippen LogP contribution in [0.4, 0.5) is 14.9 Å². The molecule has 7 nitrogen and oxygen atoms in total. The van der Waals surface area contributed by atoms with Crippen LogP contribution in [0.5, 0.6) is 0 Å². The Kier molecular flexibility index (Phi) is 5.30. The Labute approximate surface area is 161 Å². The summed E-state index contributed by atoms with van der Waals surface area (Å²) in [7, 11) is 0. The van der Waals surface area contributed by atoms with E-state index in [4.69, 9.17) is 10.2 Å². The monoisotopic (exact) mass is 384 g/mol. The van der Waals surface area contributed by atoms with E-state index in [-0.39, 0.29) is 17.4 Å². The van der Waals surface area contributed by atoms with Crippen LogP contribution in [-0.4, -0.2) is 16.9 Å². The number of carbonyl (C=O) groups is 2. The summed E-state index contributed by atoms with van der Waals surface area (Å²) >= 11 is 0. The maximum Gasteiger partial charge on any atom is 0.319 e. The van der Waals surface area contributed by atoms with E-state index >= 15 is 0 Å². The van der Waals surface area contributed by atoms with Crippen molar-refractivity contribution in [2.24, 2.45) is 11.7 Å². The second-order valence-corrected chi connectivity index (χ2v) is 6.85. The van der Waals surface area contributed by atoms with Crippen LogP contribution in [0.25, 0.3) is 11.0 Å². The SMILES string of the molecule is Cc1c([C@H](NC(=O)Nc2ccc(C(N)=O)nc2)C(C)C)oc2ccc(F)cc12. The van der Waals surface area contributed by atoms with Gasteiger partial charge in [-0.2, -0.15) is 0 Å². The number of fused-ring (bicyclic) bond motifs is 1. The first kappa shape index (κ1) is 19.3. The van der Waals surface area contributed by atoms with Crippen molar-refractivity contribution in [2.45, 2.75) is 26.8 Å². The lowest BCUT2D eigenvalue weighted by Gasteiger charge is -2.21. The van der Waals surface area contributed by atoms with Crippen molar-refractivity contribution in [2.75, 3.05) is 5.32 Å². The van der Waals surface area contributed by atoms with Gasteiger partial charge >= 0.3 is 6.03 Å². The normalized spacial score (nSPS) is 12.2. The highest BCUT2D eigenvalue weighted by Gasteiger charge is 2.25. The molecule has 0 aliphatic heterocycles. The molecule has 1 aromatic carbocycles. The van der Waals surface area contributed by atoms with Crippen molar-refractivity contribution in [1.29, 1.82) is 0 Å². The number of nitrogens with two attached hydrogens (primary N) is 1. The Morgan fingerprint density at radius 2 is 1.96 bits per heavy atom. The van der Waals surface area contributed by atoms with Gasteiger partial charge in [-0.05, 0) is 43.2 Å². The molecule has 3 amide bonds. The molecule has 3 rings (SSSR count). The molecule has 0 unspecified atom stereocenters. The molecular weight excluding hydrogens is 363 g/mol. The number of primary amides is 1. The quantitative estimate of drug-likeness (QED) is 0.620. The number of nitrogens with one attached hydrogen (secondary N) is 2. The minimum atomic E-state index is -0.646. The van der Waals surface area contributed by atoms with Crippen molar-refractivity contribution in [3.63, 3.8) is 0 Å². The van der Waals surface area contributed by atoms with Crippen LogP contribution in [0.2, 0.25) is 0 Å². The van der Waals surface area contributed by atoms with Gasteiger partial charge in [-0.3, -0.25) is 4.79 Å². The molecule has 2 heterocycles. The number of pyridine rings is 1. The fourth-order valence-electron chi connectivity index (χ4n) is 2.97. The van der Waals surface area contributed by atoms with Gasteiger partial charge in [0.1, 0.15) is 22.9 Å². The molecule has 2 aromatic heterocycles. The maximum absolute atomic E-state index is 13.6. The summed E-state index contributed by atoms with van der Waals surface area (Å²) in [5, 5.41) is 6.21. The van der Waals surface area contributed by atoms with Crippen molar-refractivity contribution < 1.29 is 18.4 Å². The number of halogens is 1. The molecule has 1 atom stereocenters. The fraction of sp³-hybridized carbons (Fsp3) is 0.250. The van der Waals surface area contributed by atoms with Crippen LogP contribution in [0.15, 0.2) is 40.9 Å². The molecular formula is C20H21FN4O3.